The SMILES string of the molecule is COc1c2cc(C)cc1CCc1cc(N=Nc3ccc([N+](=O)[O-])cc3[N+](=O)[O-])cc(c1OC)CC2. The molecule has 0 spiro atoms. The molecule has 0 aromatic heterocycles. The number of non-ortho nitro benzene ring substituents is 1. The average molecular weight is 476 g/mol. The Balaban J connectivity index is 1.73. The molecule has 0 aliphatic heterocycles. The van der Waals surface area contributed by atoms with Crippen LogP contribution in [0.2, 0.25) is 0 Å². The number of nitro benzene ring substituents is 2. The van der Waals surface area contributed by atoms with Crippen LogP contribution in [0.5, 0.6) is 11.5 Å². The summed E-state index contributed by atoms with van der Waals surface area (Å²) in [5.41, 5.74) is 4.94. The van der Waals surface area contributed by atoms with E-state index in [1.807, 2.05) is 12.1 Å². The Morgan fingerprint density at radius 3 is 1.71 bits per heavy atom. The molecule has 0 atom stereocenters. The highest BCUT2D eigenvalue weighted by Gasteiger charge is 2.21. The van der Waals surface area contributed by atoms with Gasteiger partial charge < -0.3 is 9.47 Å². The highest BCUT2D eigenvalue weighted by molar-refractivity contribution is 5.62. The number of aryl methyl sites for hydroxylation is 5. The smallest absolute Gasteiger partial charge is 0.303 e. The first-order chi connectivity index (χ1) is 16.8. The van der Waals surface area contributed by atoms with Crippen LogP contribution >= 0.6 is 0 Å². The fourth-order valence-electron chi connectivity index (χ4n) is 4.50. The van der Waals surface area contributed by atoms with Gasteiger partial charge in [-0.05, 0) is 73.1 Å². The molecule has 10 heteroatoms. The Hall–Kier alpha value is -4.34. The quantitative estimate of drug-likeness (QED) is 0.239. The van der Waals surface area contributed by atoms with Gasteiger partial charge >= 0.3 is 5.69 Å². The first-order valence-electron chi connectivity index (χ1n) is 11.0. The first-order valence-corrected chi connectivity index (χ1v) is 11.0. The molecule has 10 nitrogen and oxygen atoms in total. The molecule has 0 fully saturated rings. The van der Waals surface area contributed by atoms with E-state index in [-0.39, 0.29) is 11.4 Å². The molecule has 35 heavy (non-hydrogen) atoms. The number of benzene rings is 3. The van der Waals surface area contributed by atoms with Crippen molar-refractivity contribution < 1.29 is 19.3 Å². The summed E-state index contributed by atoms with van der Waals surface area (Å²) >= 11 is 0. The Morgan fingerprint density at radius 1 is 0.743 bits per heavy atom. The second kappa shape index (κ2) is 9.88. The molecule has 0 heterocycles. The van der Waals surface area contributed by atoms with E-state index < -0.39 is 15.5 Å². The lowest BCUT2D eigenvalue weighted by Crippen LogP contribution is -2.07. The third-order valence-corrected chi connectivity index (χ3v) is 5.99. The lowest BCUT2D eigenvalue weighted by atomic mass is 9.91. The maximum atomic E-state index is 11.4. The van der Waals surface area contributed by atoms with Gasteiger partial charge in [-0.3, -0.25) is 20.2 Å². The monoisotopic (exact) mass is 476 g/mol. The Kier molecular flexibility index (Phi) is 6.72. The van der Waals surface area contributed by atoms with Crippen LogP contribution in [0.1, 0.15) is 27.8 Å². The minimum Gasteiger partial charge on any atom is -0.496 e. The van der Waals surface area contributed by atoms with Gasteiger partial charge in [-0.2, -0.15) is 5.11 Å². The van der Waals surface area contributed by atoms with Gasteiger partial charge in [0.1, 0.15) is 11.5 Å². The van der Waals surface area contributed by atoms with Gasteiger partial charge in [-0.25, -0.2) is 0 Å². The molecule has 3 aromatic rings. The molecule has 0 saturated heterocycles. The predicted molar refractivity (Wildman–Crippen MR) is 129 cm³/mol. The van der Waals surface area contributed by atoms with Crippen LogP contribution in [0.25, 0.3) is 0 Å². The Morgan fingerprint density at radius 2 is 1.26 bits per heavy atom. The second-order valence-corrected chi connectivity index (χ2v) is 8.30. The normalized spacial score (nSPS) is 12.9. The topological polar surface area (TPSA) is 129 Å². The van der Waals surface area contributed by atoms with Crippen molar-refractivity contribution in [3.63, 3.8) is 0 Å². The summed E-state index contributed by atoms with van der Waals surface area (Å²) in [6.45, 7) is 2.08. The minimum atomic E-state index is -0.707. The Labute approximate surface area is 201 Å². The van der Waals surface area contributed by atoms with Crippen LogP contribution in [0.3, 0.4) is 0 Å². The largest absolute Gasteiger partial charge is 0.496 e. The van der Waals surface area contributed by atoms with Crippen molar-refractivity contribution in [2.75, 3.05) is 14.2 Å². The van der Waals surface area contributed by atoms with Crippen molar-refractivity contribution in [1.29, 1.82) is 0 Å². The lowest BCUT2D eigenvalue weighted by Gasteiger charge is -2.20. The summed E-state index contributed by atoms with van der Waals surface area (Å²) in [7, 11) is 3.33. The summed E-state index contributed by atoms with van der Waals surface area (Å²) in [6, 6.07) is 11.3. The zero-order valence-electron chi connectivity index (χ0n) is 19.6. The molecule has 4 rings (SSSR count). The van der Waals surface area contributed by atoms with Gasteiger partial charge in [0, 0.05) is 6.07 Å². The van der Waals surface area contributed by atoms with E-state index in [4.69, 9.17) is 9.47 Å². The van der Waals surface area contributed by atoms with Crippen molar-refractivity contribution in [1.82, 2.24) is 0 Å². The number of nitro groups is 2. The summed E-state index contributed by atoms with van der Waals surface area (Å²) in [4.78, 5) is 21.0. The molecule has 0 unspecified atom stereocenters. The summed E-state index contributed by atoms with van der Waals surface area (Å²) < 4.78 is 11.5. The van der Waals surface area contributed by atoms with Gasteiger partial charge in [0.15, 0.2) is 5.69 Å². The number of ether oxygens (including phenoxy) is 2. The lowest BCUT2D eigenvalue weighted by molar-refractivity contribution is -0.393. The molecule has 1 aliphatic carbocycles. The molecule has 0 N–H and O–H groups in total. The van der Waals surface area contributed by atoms with Crippen molar-refractivity contribution in [3.05, 3.63) is 90.5 Å². The van der Waals surface area contributed by atoms with Crippen LogP contribution in [0, 0.1) is 27.2 Å². The van der Waals surface area contributed by atoms with E-state index in [0.29, 0.717) is 18.5 Å². The number of azo groups is 1. The highest BCUT2D eigenvalue weighted by Crippen LogP contribution is 2.37. The van der Waals surface area contributed by atoms with E-state index in [1.165, 1.54) is 17.7 Å². The average Bonchev–Trinajstić information content (AvgIpc) is 2.83. The van der Waals surface area contributed by atoms with Crippen molar-refractivity contribution in [2.24, 2.45) is 10.2 Å². The van der Waals surface area contributed by atoms with Gasteiger partial charge in [0.25, 0.3) is 5.69 Å². The van der Waals surface area contributed by atoms with Crippen LogP contribution < -0.4 is 9.47 Å². The van der Waals surface area contributed by atoms with Crippen molar-refractivity contribution in [3.8, 4) is 11.5 Å². The molecule has 0 amide bonds. The number of nitrogens with zero attached hydrogens (tertiary/aromatic N) is 4. The molecule has 3 aromatic carbocycles. The molecule has 0 saturated carbocycles. The van der Waals surface area contributed by atoms with Gasteiger partial charge in [-0.15, -0.1) is 5.11 Å². The number of hydrogen-bond acceptors (Lipinski definition) is 8. The molecule has 1 aliphatic rings. The van der Waals surface area contributed by atoms with Crippen LogP contribution in [-0.4, -0.2) is 24.1 Å². The van der Waals surface area contributed by atoms with Crippen LogP contribution in [0.15, 0.2) is 52.7 Å². The van der Waals surface area contributed by atoms with Gasteiger partial charge in [0.2, 0.25) is 0 Å². The number of rotatable bonds is 6. The summed E-state index contributed by atoms with van der Waals surface area (Å²) in [5, 5.41) is 30.7. The molecule has 0 radical (unpaired) electrons. The van der Waals surface area contributed by atoms with E-state index in [9.17, 15) is 20.2 Å². The summed E-state index contributed by atoms with van der Waals surface area (Å²) in [5.74, 6) is 1.72. The highest BCUT2D eigenvalue weighted by atomic mass is 16.6. The fraction of sp³-hybridized carbons (Fsp3) is 0.280. The van der Waals surface area contributed by atoms with Crippen molar-refractivity contribution >= 4 is 22.7 Å². The van der Waals surface area contributed by atoms with E-state index in [1.54, 1.807) is 14.2 Å². The fourth-order valence-corrected chi connectivity index (χ4v) is 4.50. The molecular formula is C25H24N4O6. The zero-order chi connectivity index (χ0) is 25.1. The van der Waals surface area contributed by atoms with E-state index >= 15 is 0 Å². The molecular weight excluding hydrogens is 452 g/mol. The van der Waals surface area contributed by atoms with Crippen molar-refractivity contribution in [2.45, 2.75) is 32.6 Å². The number of hydrogen-bond donors (Lipinski definition) is 0. The summed E-state index contributed by atoms with van der Waals surface area (Å²) in [6.07, 6.45) is 2.83. The van der Waals surface area contributed by atoms with E-state index in [2.05, 4.69) is 29.3 Å². The maximum absolute atomic E-state index is 11.4. The van der Waals surface area contributed by atoms with Gasteiger partial charge in [0.05, 0.1) is 35.8 Å². The molecule has 4 bridgehead atoms. The third-order valence-electron chi connectivity index (χ3n) is 5.99. The molecule has 180 valence electrons. The van der Waals surface area contributed by atoms with Gasteiger partial charge in [-0.1, -0.05) is 17.7 Å². The Bertz CT molecular complexity index is 1300. The number of methoxy groups -OCH3 is 2. The number of fused-ring (bicyclic) bond motifs is 4. The zero-order valence-corrected chi connectivity index (χ0v) is 19.6. The minimum absolute atomic E-state index is 0.0594. The first kappa shape index (κ1) is 23.8. The standard InChI is InChI=1S/C25H24N4O6/c1-15-10-16-4-6-18-12-20(13-19(25(18)35-3)7-5-17(11-15)24(16)34-2)26-27-22-9-8-21(28(30)31)14-23(22)29(32)33/h8-14H,4-7H2,1-3H3. The van der Waals surface area contributed by atoms with Crippen LogP contribution in [-0.2, 0) is 25.7 Å². The third kappa shape index (κ3) is 4.96. The second-order valence-electron chi connectivity index (χ2n) is 8.30. The predicted octanol–water partition coefficient (Wildman–Crippen LogP) is 6.13. The van der Waals surface area contributed by atoms with Crippen LogP contribution in [0.4, 0.5) is 22.7 Å². The van der Waals surface area contributed by atoms with E-state index in [0.717, 1.165) is 52.7 Å². The maximum Gasteiger partial charge on any atom is 0.303 e.